The molecule has 0 amide bonds. The number of hydrogen-bond donors (Lipinski definition) is 0. The van der Waals surface area contributed by atoms with Crippen molar-refractivity contribution in [3.05, 3.63) is 35.2 Å². The summed E-state index contributed by atoms with van der Waals surface area (Å²) in [7, 11) is 0. The molecule has 0 fully saturated rings. The molecule has 3 rings (SSSR count). The third kappa shape index (κ3) is 2.12. The van der Waals surface area contributed by atoms with Crippen LogP contribution in [0.1, 0.15) is 37.7 Å². The SMILES string of the molecule is Cc1ccc(-c2nn3c(C(C)(C)C)nnc3s2)cc1C. The summed E-state index contributed by atoms with van der Waals surface area (Å²) in [4.78, 5) is 0.850. The smallest absolute Gasteiger partial charge is 0.186 e. The molecule has 0 aliphatic rings. The largest absolute Gasteiger partial charge is 0.235 e. The van der Waals surface area contributed by atoms with Gasteiger partial charge >= 0.3 is 0 Å². The topological polar surface area (TPSA) is 43.1 Å². The zero-order chi connectivity index (χ0) is 14.5. The van der Waals surface area contributed by atoms with Gasteiger partial charge in [0.25, 0.3) is 0 Å². The highest BCUT2D eigenvalue weighted by atomic mass is 32.1. The summed E-state index contributed by atoms with van der Waals surface area (Å²) in [5.41, 5.74) is 3.66. The maximum Gasteiger partial charge on any atom is 0.235 e. The van der Waals surface area contributed by atoms with Gasteiger partial charge in [-0.3, -0.25) is 0 Å². The van der Waals surface area contributed by atoms with Crippen molar-refractivity contribution >= 4 is 16.3 Å². The second kappa shape index (κ2) is 4.38. The number of rotatable bonds is 1. The van der Waals surface area contributed by atoms with Crippen LogP contribution >= 0.6 is 11.3 Å². The Bertz CT molecular complexity index is 777. The van der Waals surface area contributed by atoms with Crippen LogP contribution < -0.4 is 0 Å². The molecule has 0 spiro atoms. The molecule has 4 nitrogen and oxygen atoms in total. The molecule has 2 aromatic heterocycles. The average molecular weight is 286 g/mol. The summed E-state index contributed by atoms with van der Waals surface area (Å²) in [6.07, 6.45) is 0. The monoisotopic (exact) mass is 286 g/mol. The van der Waals surface area contributed by atoms with Crippen molar-refractivity contribution in [2.24, 2.45) is 0 Å². The molecular weight excluding hydrogens is 268 g/mol. The number of hydrogen-bond acceptors (Lipinski definition) is 4. The molecule has 20 heavy (non-hydrogen) atoms. The quantitative estimate of drug-likeness (QED) is 0.684. The van der Waals surface area contributed by atoms with Crippen molar-refractivity contribution < 1.29 is 0 Å². The maximum atomic E-state index is 4.69. The minimum atomic E-state index is -0.0616. The van der Waals surface area contributed by atoms with Gasteiger partial charge in [-0.2, -0.15) is 9.61 Å². The molecule has 0 radical (unpaired) electrons. The maximum absolute atomic E-state index is 4.69. The second-order valence-electron chi connectivity index (χ2n) is 6.17. The molecule has 0 N–H and O–H groups in total. The summed E-state index contributed by atoms with van der Waals surface area (Å²) in [6, 6.07) is 6.43. The van der Waals surface area contributed by atoms with E-state index in [1.165, 1.54) is 11.1 Å². The Balaban J connectivity index is 2.14. The van der Waals surface area contributed by atoms with Gasteiger partial charge in [0.1, 0.15) is 5.01 Å². The molecule has 1 aromatic carbocycles. The Morgan fingerprint density at radius 2 is 1.80 bits per heavy atom. The van der Waals surface area contributed by atoms with Gasteiger partial charge in [-0.05, 0) is 31.0 Å². The number of aromatic nitrogens is 4. The van der Waals surface area contributed by atoms with Crippen molar-refractivity contribution in [3.63, 3.8) is 0 Å². The average Bonchev–Trinajstić information content (AvgIpc) is 2.90. The van der Waals surface area contributed by atoms with Crippen LogP contribution in [0.2, 0.25) is 0 Å². The molecule has 0 unspecified atom stereocenters. The Hall–Kier alpha value is -1.75. The number of benzene rings is 1. The zero-order valence-corrected chi connectivity index (χ0v) is 13.2. The molecular formula is C15H18N4S. The minimum Gasteiger partial charge on any atom is -0.186 e. The van der Waals surface area contributed by atoms with Crippen molar-refractivity contribution in [3.8, 4) is 10.6 Å². The standard InChI is InChI=1S/C15H18N4S/c1-9-6-7-11(8-10(9)2)12-18-19-13(15(3,4)5)16-17-14(19)20-12/h6-8H,1-5H3. The van der Waals surface area contributed by atoms with Gasteiger partial charge in [-0.15, -0.1) is 10.2 Å². The first-order chi connectivity index (χ1) is 9.36. The van der Waals surface area contributed by atoms with Crippen LogP contribution in [0.15, 0.2) is 18.2 Å². The van der Waals surface area contributed by atoms with E-state index >= 15 is 0 Å². The van der Waals surface area contributed by atoms with Crippen molar-refractivity contribution in [2.75, 3.05) is 0 Å². The summed E-state index contributed by atoms with van der Waals surface area (Å²) in [5.74, 6) is 0.902. The highest BCUT2D eigenvalue weighted by Crippen LogP contribution is 2.29. The zero-order valence-electron chi connectivity index (χ0n) is 12.4. The summed E-state index contributed by atoms with van der Waals surface area (Å²) >= 11 is 1.58. The minimum absolute atomic E-state index is 0.0616. The van der Waals surface area contributed by atoms with Gasteiger partial charge < -0.3 is 0 Å². The lowest BCUT2D eigenvalue weighted by Gasteiger charge is -2.13. The van der Waals surface area contributed by atoms with Crippen LogP contribution in [0.25, 0.3) is 15.5 Å². The molecule has 0 aliphatic carbocycles. The van der Waals surface area contributed by atoms with E-state index in [0.29, 0.717) is 0 Å². The van der Waals surface area contributed by atoms with E-state index in [1.54, 1.807) is 11.3 Å². The Morgan fingerprint density at radius 3 is 2.45 bits per heavy atom. The van der Waals surface area contributed by atoms with Gasteiger partial charge in [0, 0.05) is 11.0 Å². The molecule has 0 atom stereocenters. The molecule has 0 saturated carbocycles. The summed E-state index contributed by atoms with van der Waals surface area (Å²) < 4.78 is 1.87. The van der Waals surface area contributed by atoms with E-state index < -0.39 is 0 Å². The van der Waals surface area contributed by atoms with E-state index in [0.717, 1.165) is 21.4 Å². The van der Waals surface area contributed by atoms with Crippen LogP contribution in [-0.2, 0) is 5.41 Å². The predicted molar refractivity (Wildman–Crippen MR) is 82.3 cm³/mol. The first-order valence-corrected chi connectivity index (χ1v) is 7.48. The van der Waals surface area contributed by atoms with E-state index in [4.69, 9.17) is 5.10 Å². The summed E-state index contributed by atoms with van der Waals surface area (Å²) in [6.45, 7) is 10.6. The van der Waals surface area contributed by atoms with Crippen molar-refractivity contribution in [1.82, 2.24) is 19.8 Å². The number of aryl methyl sites for hydroxylation is 2. The van der Waals surface area contributed by atoms with Crippen molar-refractivity contribution in [2.45, 2.75) is 40.0 Å². The third-order valence-electron chi connectivity index (χ3n) is 3.42. The van der Waals surface area contributed by atoms with Gasteiger partial charge in [0.2, 0.25) is 4.96 Å². The van der Waals surface area contributed by atoms with Crippen LogP contribution in [0.4, 0.5) is 0 Å². The fourth-order valence-electron chi connectivity index (χ4n) is 2.08. The van der Waals surface area contributed by atoms with Crippen LogP contribution in [0.3, 0.4) is 0 Å². The van der Waals surface area contributed by atoms with Crippen molar-refractivity contribution in [1.29, 1.82) is 0 Å². The third-order valence-corrected chi connectivity index (χ3v) is 4.36. The van der Waals surface area contributed by atoms with Crippen LogP contribution in [-0.4, -0.2) is 19.8 Å². The van der Waals surface area contributed by atoms with Gasteiger partial charge in [0.05, 0.1) is 0 Å². The second-order valence-corrected chi connectivity index (χ2v) is 7.13. The van der Waals surface area contributed by atoms with Gasteiger partial charge in [-0.1, -0.05) is 44.2 Å². The number of nitrogens with zero attached hydrogens (tertiary/aromatic N) is 4. The predicted octanol–water partition coefficient (Wildman–Crippen LogP) is 3.77. The van der Waals surface area contributed by atoms with Crippen LogP contribution in [0.5, 0.6) is 0 Å². The molecule has 0 aliphatic heterocycles. The first kappa shape index (κ1) is 13.2. The molecule has 5 heteroatoms. The van der Waals surface area contributed by atoms with E-state index in [1.807, 2.05) is 4.52 Å². The van der Waals surface area contributed by atoms with E-state index in [-0.39, 0.29) is 5.41 Å². The fraction of sp³-hybridized carbons (Fsp3) is 0.400. The lowest BCUT2D eigenvalue weighted by atomic mass is 9.96. The number of fused-ring (bicyclic) bond motifs is 1. The normalized spacial score (nSPS) is 12.2. The van der Waals surface area contributed by atoms with Gasteiger partial charge in [-0.25, -0.2) is 0 Å². The molecule has 3 aromatic rings. The lowest BCUT2D eigenvalue weighted by Crippen LogP contribution is -2.16. The highest BCUT2D eigenvalue weighted by Gasteiger charge is 2.23. The highest BCUT2D eigenvalue weighted by molar-refractivity contribution is 7.19. The Kier molecular flexibility index (Phi) is 2.90. The Labute approximate surface area is 122 Å². The molecule has 0 saturated heterocycles. The molecule has 0 bridgehead atoms. The van der Waals surface area contributed by atoms with E-state index in [9.17, 15) is 0 Å². The van der Waals surface area contributed by atoms with Crippen LogP contribution in [0, 0.1) is 13.8 Å². The van der Waals surface area contributed by atoms with E-state index in [2.05, 4.69) is 63.0 Å². The molecule has 104 valence electrons. The van der Waals surface area contributed by atoms with Gasteiger partial charge in [0.15, 0.2) is 5.82 Å². The first-order valence-electron chi connectivity index (χ1n) is 6.66. The fourth-order valence-corrected chi connectivity index (χ4v) is 2.91. The Morgan fingerprint density at radius 1 is 1.05 bits per heavy atom. The lowest BCUT2D eigenvalue weighted by molar-refractivity contribution is 0.528. The molecule has 2 heterocycles. The summed E-state index contributed by atoms with van der Waals surface area (Å²) in [5, 5.41) is 14.2.